The molecule has 4 nitrogen and oxygen atoms in total. The standard InChI is InChI=1S/C21H36N4/c1-2-22-14-9-20(10-15-22)23-12-5-13-24(17-16-23)21-6-3-4-11-25(21)18-19-7-8-19/h3-4,6,19-20H,2,5,7-18H2,1H3. The summed E-state index contributed by atoms with van der Waals surface area (Å²) in [6.45, 7) is 13.5. The smallest absolute Gasteiger partial charge is 0.104 e. The number of allylic oxidation sites excluding steroid dienone is 2. The highest BCUT2D eigenvalue weighted by molar-refractivity contribution is 5.18. The van der Waals surface area contributed by atoms with Crippen LogP contribution in [-0.2, 0) is 0 Å². The molecular formula is C21H36N4. The Morgan fingerprint density at radius 1 is 0.960 bits per heavy atom. The van der Waals surface area contributed by atoms with Gasteiger partial charge in [-0.2, -0.15) is 0 Å². The van der Waals surface area contributed by atoms with Crippen molar-refractivity contribution in [3.63, 3.8) is 0 Å². The van der Waals surface area contributed by atoms with E-state index >= 15 is 0 Å². The van der Waals surface area contributed by atoms with Crippen molar-refractivity contribution in [3.05, 3.63) is 24.0 Å². The third-order valence-corrected chi connectivity index (χ3v) is 6.58. The van der Waals surface area contributed by atoms with Gasteiger partial charge in [0.15, 0.2) is 0 Å². The van der Waals surface area contributed by atoms with Crippen molar-refractivity contribution >= 4 is 0 Å². The summed E-state index contributed by atoms with van der Waals surface area (Å²) in [5.41, 5.74) is 0. The zero-order valence-electron chi connectivity index (χ0n) is 16.1. The summed E-state index contributed by atoms with van der Waals surface area (Å²) in [5, 5.41) is 0. The second-order valence-corrected chi connectivity index (χ2v) is 8.34. The molecule has 0 radical (unpaired) electrons. The van der Waals surface area contributed by atoms with Crippen LogP contribution in [0.4, 0.5) is 0 Å². The van der Waals surface area contributed by atoms with Crippen molar-refractivity contribution in [2.24, 2.45) is 5.92 Å². The predicted octanol–water partition coefficient (Wildman–Crippen LogP) is 2.60. The van der Waals surface area contributed by atoms with E-state index < -0.39 is 0 Å². The molecule has 0 atom stereocenters. The summed E-state index contributed by atoms with van der Waals surface area (Å²) in [4.78, 5) is 10.7. The number of rotatable bonds is 5. The number of piperidine rings is 1. The molecule has 0 aromatic heterocycles. The van der Waals surface area contributed by atoms with Gasteiger partial charge in [-0.15, -0.1) is 0 Å². The SMILES string of the molecule is CCN1CCC(N2CCCN(C3=CC=CCN3CC3CC3)CC2)CC1. The lowest BCUT2D eigenvalue weighted by atomic mass is 10.0. The Bertz CT molecular complexity index is 488. The van der Waals surface area contributed by atoms with Crippen molar-refractivity contribution in [1.82, 2.24) is 19.6 Å². The third-order valence-electron chi connectivity index (χ3n) is 6.58. The Kier molecular flexibility index (Phi) is 5.66. The number of hydrogen-bond acceptors (Lipinski definition) is 4. The summed E-state index contributed by atoms with van der Waals surface area (Å²) >= 11 is 0. The molecule has 3 fully saturated rings. The normalized spacial score (nSPS) is 27.5. The number of hydrogen-bond donors (Lipinski definition) is 0. The van der Waals surface area contributed by atoms with Gasteiger partial charge in [0.2, 0.25) is 0 Å². The van der Waals surface area contributed by atoms with Crippen molar-refractivity contribution in [1.29, 1.82) is 0 Å². The van der Waals surface area contributed by atoms with Gasteiger partial charge in [-0.3, -0.25) is 4.90 Å². The van der Waals surface area contributed by atoms with E-state index in [1.165, 1.54) is 90.3 Å². The average Bonchev–Trinajstić information content (AvgIpc) is 3.49. The highest BCUT2D eigenvalue weighted by Gasteiger charge is 2.29. The predicted molar refractivity (Wildman–Crippen MR) is 104 cm³/mol. The Hall–Kier alpha value is -1.00. The van der Waals surface area contributed by atoms with Gasteiger partial charge >= 0.3 is 0 Å². The minimum atomic E-state index is 0.825. The molecule has 4 heteroatoms. The van der Waals surface area contributed by atoms with Crippen LogP contribution in [-0.4, -0.2) is 84.5 Å². The first-order valence-electron chi connectivity index (χ1n) is 10.7. The Balaban J connectivity index is 1.33. The molecule has 3 aliphatic heterocycles. The molecule has 0 unspecified atom stereocenters. The molecule has 2 saturated heterocycles. The molecular weight excluding hydrogens is 308 g/mol. The van der Waals surface area contributed by atoms with Crippen LogP contribution in [0.25, 0.3) is 0 Å². The summed E-state index contributed by atoms with van der Waals surface area (Å²) in [5.74, 6) is 2.46. The van der Waals surface area contributed by atoms with Crippen molar-refractivity contribution in [2.75, 3.05) is 58.9 Å². The van der Waals surface area contributed by atoms with Gasteiger partial charge in [-0.1, -0.05) is 19.1 Å². The number of nitrogens with zero attached hydrogens (tertiary/aromatic N) is 4. The first-order chi connectivity index (χ1) is 12.3. The summed E-state index contributed by atoms with van der Waals surface area (Å²) < 4.78 is 0. The fraction of sp³-hybridized carbons (Fsp3) is 0.810. The summed E-state index contributed by atoms with van der Waals surface area (Å²) in [6.07, 6.45) is 13.9. The van der Waals surface area contributed by atoms with E-state index in [4.69, 9.17) is 0 Å². The molecule has 140 valence electrons. The van der Waals surface area contributed by atoms with Crippen LogP contribution < -0.4 is 0 Å². The van der Waals surface area contributed by atoms with E-state index in [9.17, 15) is 0 Å². The number of likely N-dealkylation sites (tertiary alicyclic amines) is 1. The highest BCUT2D eigenvalue weighted by Crippen LogP contribution is 2.32. The molecule has 0 spiro atoms. The minimum Gasteiger partial charge on any atom is -0.357 e. The molecule has 1 aliphatic carbocycles. The van der Waals surface area contributed by atoms with Crippen molar-refractivity contribution in [2.45, 2.75) is 45.1 Å². The minimum absolute atomic E-state index is 0.825. The van der Waals surface area contributed by atoms with Crippen LogP contribution >= 0.6 is 0 Å². The Morgan fingerprint density at radius 3 is 2.56 bits per heavy atom. The van der Waals surface area contributed by atoms with Crippen LogP contribution in [0.5, 0.6) is 0 Å². The van der Waals surface area contributed by atoms with Crippen LogP contribution in [0.1, 0.15) is 39.0 Å². The second-order valence-electron chi connectivity index (χ2n) is 8.34. The average molecular weight is 345 g/mol. The second kappa shape index (κ2) is 8.13. The van der Waals surface area contributed by atoms with Gasteiger partial charge in [0.05, 0.1) is 0 Å². The lowest BCUT2D eigenvalue weighted by molar-refractivity contribution is 0.113. The fourth-order valence-corrected chi connectivity index (χ4v) is 4.76. The van der Waals surface area contributed by atoms with E-state index in [0.717, 1.165) is 18.5 Å². The maximum absolute atomic E-state index is 2.80. The quantitative estimate of drug-likeness (QED) is 0.760. The van der Waals surface area contributed by atoms with Gasteiger partial charge in [0.1, 0.15) is 5.82 Å². The molecule has 25 heavy (non-hydrogen) atoms. The topological polar surface area (TPSA) is 13.0 Å². The van der Waals surface area contributed by atoms with Gasteiger partial charge in [0, 0.05) is 45.3 Å². The summed E-state index contributed by atoms with van der Waals surface area (Å²) in [6, 6.07) is 0.825. The Morgan fingerprint density at radius 2 is 1.80 bits per heavy atom. The van der Waals surface area contributed by atoms with E-state index in [1.807, 2.05) is 0 Å². The first kappa shape index (κ1) is 17.4. The van der Waals surface area contributed by atoms with Crippen molar-refractivity contribution in [3.8, 4) is 0 Å². The lowest BCUT2D eigenvalue weighted by Gasteiger charge is -2.38. The van der Waals surface area contributed by atoms with Crippen LogP contribution in [0.15, 0.2) is 24.0 Å². The zero-order chi connectivity index (χ0) is 17.1. The fourth-order valence-electron chi connectivity index (χ4n) is 4.76. The molecule has 0 bridgehead atoms. The molecule has 3 heterocycles. The molecule has 0 N–H and O–H groups in total. The first-order valence-corrected chi connectivity index (χ1v) is 10.7. The lowest BCUT2D eigenvalue weighted by Crippen LogP contribution is -2.46. The summed E-state index contributed by atoms with van der Waals surface area (Å²) in [7, 11) is 0. The van der Waals surface area contributed by atoms with Crippen molar-refractivity contribution < 1.29 is 0 Å². The largest absolute Gasteiger partial charge is 0.357 e. The molecule has 0 amide bonds. The van der Waals surface area contributed by atoms with E-state index in [0.29, 0.717) is 0 Å². The Labute approximate surface area is 154 Å². The zero-order valence-corrected chi connectivity index (χ0v) is 16.1. The maximum atomic E-state index is 2.80. The van der Waals surface area contributed by atoms with Gasteiger partial charge < -0.3 is 14.7 Å². The van der Waals surface area contributed by atoms with E-state index in [1.54, 1.807) is 0 Å². The maximum Gasteiger partial charge on any atom is 0.104 e. The molecule has 4 aliphatic rings. The highest BCUT2D eigenvalue weighted by atomic mass is 15.4. The monoisotopic (exact) mass is 344 g/mol. The van der Waals surface area contributed by atoms with E-state index in [-0.39, 0.29) is 0 Å². The molecule has 1 saturated carbocycles. The van der Waals surface area contributed by atoms with Crippen LogP contribution in [0.3, 0.4) is 0 Å². The van der Waals surface area contributed by atoms with Crippen LogP contribution in [0, 0.1) is 5.92 Å². The molecule has 0 aromatic rings. The van der Waals surface area contributed by atoms with E-state index in [2.05, 4.69) is 44.8 Å². The van der Waals surface area contributed by atoms with Gasteiger partial charge in [-0.25, -0.2) is 0 Å². The third kappa shape index (κ3) is 4.40. The van der Waals surface area contributed by atoms with Crippen LogP contribution in [0.2, 0.25) is 0 Å². The van der Waals surface area contributed by atoms with Gasteiger partial charge in [0.25, 0.3) is 0 Å². The van der Waals surface area contributed by atoms with Gasteiger partial charge in [-0.05, 0) is 63.7 Å². The molecule has 0 aromatic carbocycles. The molecule has 4 rings (SSSR count).